The van der Waals surface area contributed by atoms with Gasteiger partial charge in [0.05, 0.1) is 6.04 Å². The Morgan fingerprint density at radius 3 is 3.00 bits per heavy atom. The zero-order chi connectivity index (χ0) is 12.0. The highest BCUT2D eigenvalue weighted by Gasteiger charge is 2.05. The van der Waals surface area contributed by atoms with Crippen molar-refractivity contribution in [3.05, 3.63) is 32.8 Å². The van der Waals surface area contributed by atoms with E-state index in [-0.39, 0.29) is 17.2 Å². The van der Waals surface area contributed by atoms with Gasteiger partial charge in [0.2, 0.25) is 6.41 Å². The van der Waals surface area contributed by atoms with Crippen molar-refractivity contribution in [3.63, 3.8) is 0 Å². The Labute approximate surface area is 90.8 Å². The number of nitrogens with zero attached hydrogens (tertiary/aromatic N) is 2. The highest BCUT2D eigenvalue weighted by molar-refractivity contribution is 5.59. The van der Waals surface area contributed by atoms with Crippen molar-refractivity contribution in [2.45, 2.75) is 19.4 Å². The molecular formula is C9H12N4O3. The van der Waals surface area contributed by atoms with Gasteiger partial charge in [-0.2, -0.15) is 5.10 Å². The van der Waals surface area contributed by atoms with E-state index in [9.17, 15) is 14.4 Å². The summed E-state index contributed by atoms with van der Waals surface area (Å²) in [5.41, 5.74) is 1.48. The lowest BCUT2D eigenvalue weighted by atomic mass is 10.2. The van der Waals surface area contributed by atoms with E-state index in [4.69, 9.17) is 0 Å². The number of carbonyl (C=O) groups is 1. The molecule has 2 N–H and O–H groups in total. The van der Waals surface area contributed by atoms with E-state index in [2.05, 4.69) is 15.6 Å². The average molecular weight is 224 g/mol. The van der Waals surface area contributed by atoms with Crippen molar-refractivity contribution >= 4 is 12.6 Å². The molecule has 7 heteroatoms. The number of aromatic amines is 1. The van der Waals surface area contributed by atoms with Crippen LogP contribution in [0.15, 0.2) is 26.8 Å². The molecule has 86 valence electrons. The van der Waals surface area contributed by atoms with Crippen molar-refractivity contribution in [2.24, 2.45) is 5.10 Å². The average Bonchev–Trinajstić information content (AvgIpc) is 2.27. The number of hydrogen-bond acceptors (Lipinski definition) is 4. The Balaban J connectivity index is 2.76. The quantitative estimate of drug-likeness (QED) is 0.390. The lowest BCUT2D eigenvalue weighted by molar-refractivity contribution is -0.109. The zero-order valence-corrected chi connectivity index (χ0v) is 8.71. The summed E-state index contributed by atoms with van der Waals surface area (Å²) in [5, 5.41) is 5.97. The van der Waals surface area contributed by atoms with E-state index < -0.39 is 0 Å². The summed E-state index contributed by atoms with van der Waals surface area (Å²) in [7, 11) is 0. The summed E-state index contributed by atoms with van der Waals surface area (Å²) in [6, 6.07) is 2.14. The fraction of sp³-hybridized carbons (Fsp3) is 0.333. The van der Waals surface area contributed by atoms with E-state index in [1.807, 2.05) is 0 Å². The van der Waals surface area contributed by atoms with Crippen molar-refractivity contribution in [2.75, 3.05) is 0 Å². The van der Waals surface area contributed by atoms with Crippen LogP contribution in [0.2, 0.25) is 0 Å². The molecule has 16 heavy (non-hydrogen) atoms. The molecule has 0 radical (unpaired) electrons. The zero-order valence-electron chi connectivity index (χ0n) is 8.71. The first kappa shape index (κ1) is 11.9. The lowest BCUT2D eigenvalue weighted by Gasteiger charge is -2.11. The highest BCUT2D eigenvalue weighted by atomic mass is 16.2. The number of hydrazone groups is 1. The fourth-order valence-electron chi connectivity index (χ4n) is 1.16. The molecule has 0 fully saturated rings. The normalized spacial score (nSPS) is 12.6. The smallest absolute Gasteiger partial charge is 0.265 e. The monoisotopic (exact) mass is 224 g/mol. The molecule has 0 aromatic carbocycles. The lowest BCUT2D eigenvalue weighted by Crippen LogP contribution is -2.30. The number of carbonyl (C=O) groups excluding carboxylic acids is 1. The van der Waals surface area contributed by atoms with Crippen LogP contribution < -0.4 is 16.5 Å². The molecular weight excluding hydrogens is 212 g/mol. The van der Waals surface area contributed by atoms with Crippen LogP contribution in [0.4, 0.5) is 0 Å². The molecule has 1 aromatic rings. The molecule has 0 aliphatic heterocycles. The van der Waals surface area contributed by atoms with Gasteiger partial charge < -0.3 is 0 Å². The summed E-state index contributed by atoms with van der Waals surface area (Å²) < 4.78 is 1.22. The van der Waals surface area contributed by atoms with Gasteiger partial charge >= 0.3 is 0 Å². The van der Waals surface area contributed by atoms with Gasteiger partial charge in [0, 0.05) is 24.8 Å². The molecule has 1 aromatic heterocycles. The van der Waals surface area contributed by atoms with Gasteiger partial charge in [-0.25, -0.2) is 4.68 Å². The number of hydrogen-bond donors (Lipinski definition) is 2. The number of aromatic nitrogens is 2. The van der Waals surface area contributed by atoms with Crippen molar-refractivity contribution in [1.29, 1.82) is 0 Å². The Bertz CT molecular complexity index is 488. The maximum Gasteiger partial charge on any atom is 0.265 e. The van der Waals surface area contributed by atoms with Gasteiger partial charge in [0.15, 0.2) is 0 Å². The molecule has 0 saturated heterocycles. The number of amides is 1. The molecule has 0 spiro atoms. The SMILES string of the molecule is CC(CC=NNC=O)n1[nH]c(=O)ccc1=O. The van der Waals surface area contributed by atoms with Gasteiger partial charge in [-0.1, -0.05) is 0 Å². The summed E-state index contributed by atoms with van der Waals surface area (Å²) >= 11 is 0. The highest BCUT2D eigenvalue weighted by Crippen LogP contribution is 2.01. The van der Waals surface area contributed by atoms with Crippen molar-refractivity contribution < 1.29 is 4.79 Å². The predicted octanol–water partition coefficient (Wildman–Crippen LogP) is -0.781. The second-order valence-corrected chi connectivity index (χ2v) is 3.16. The van der Waals surface area contributed by atoms with Crippen LogP contribution in [0.5, 0.6) is 0 Å². The molecule has 1 heterocycles. The Hall–Kier alpha value is -2.18. The third-order valence-electron chi connectivity index (χ3n) is 1.95. The molecule has 0 aliphatic carbocycles. The van der Waals surface area contributed by atoms with Crippen LogP contribution in [0, 0.1) is 0 Å². The second-order valence-electron chi connectivity index (χ2n) is 3.16. The van der Waals surface area contributed by atoms with Crippen LogP contribution in [-0.2, 0) is 4.79 Å². The van der Waals surface area contributed by atoms with E-state index in [1.165, 1.54) is 23.0 Å². The van der Waals surface area contributed by atoms with E-state index in [0.717, 1.165) is 0 Å². The fourth-order valence-corrected chi connectivity index (χ4v) is 1.16. The number of rotatable bonds is 5. The number of H-pyrrole nitrogens is 1. The van der Waals surface area contributed by atoms with E-state index in [0.29, 0.717) is 12.8 Å². The van der Waals surface area contributed by atoms with Crippen LogP contribution in [-0.4, -0.2) is 22.4 Å². The summed E-state index contributed by atoms with van der Waals surface area (Å²) in [6.45, 7) is 1.75. The first-order chi connectivity index (χ1) is 7.65. The van der Waals surface area contributed by atoms with Crippen LogP contribution in [0.25, 0.3) is 0 Å². The molecule has 0 aliphatic rings. The minimum absolute atomic E-state index is 0.237. The predicted molar refractivity (Wildman–Crippen MR) is 58.3 cm³/mol. The van der Waals surface area contributed by atoms with E-state index in [1.54, 1.807) is 6.92 Å². The Morgan fingerprint density at radius 1 is 1.56 bits per heavy atom. The van der Waals surface area contributed by atoms with Gasteiger partial charge in [0.25, 0.3) is 11.1 Å². The minimum Gasteiger partial charge on any atom is -0.277 e. The van der Waals surface area contributed by atoms with Gasteiger partial charge in [-0.3, -0.25) is 24.9 Å². The van der Waals surface area contributed by atoms with Crippen LogP contribution in [0.1, 0.15) is 19.4 Å². The molecule has 1 rings (SSSR count). The summed E-state index contributed by atoms with van der Waals surface area (Å²) in [5.74, 6) is 0. The van der Waals surface area contributed by atoms with Gasteiger partial charge in [0.1, 0.15) is 0 Å². The molecule has 1 unspecified atom stereocenters. The largest absolute Gasteiger partial charge is 0.277 e. The molecule has 1 amide bonds. The number of nitrogens with one attached hydrogen (secondary N) is 2. The first-order valence-corrected chi connectivity index (χ1v) is 4.67. The summed E-state index contributed by atoms with van der Waals surface area (Å²) in [6.07, 6.45) is 2.31. The van der Waals surface area contributed by atoms with Crippen LogP contribution in [0.3, 0.4) is 0 Å². The van der Waals surface area contributed by atoms with Crippen molar-refractivity contribution in [1.82, 2.24) is 15.2 Å². The standard InChI is InChI=1S/C9H12N4O3/c1-7(4-5-10-11-6-14)13-9(16)3-2-8(15)12-13/h2-3,5-7H,4H2,1H3,(H,11,14)(H,12,15). The summed E-state index contributed by atoms with van der Waals surface area (Å²) in [4.78, 5) is 32.3. The maximum absolute atomic E-state index is 11.4. The van der Waals surface area contributed by atoms with Gasteiger partial charge in [-0.15, -0.1) is 0 Å². The molecule has 7 nitrogen and oxygen atoms in total. The molecule has 0 bridgehead atoms. The Kier molecular flexibility index (Phi) is 4.19. The van der Waals surface area contributed by atoms with E-state index >= 15 is 0 Å². The minimum atomic E-state index is -0.339. The van der Waals surface area contributed by atoms with Crippen molar-refractivity contribution in [3.8, 4) is 0 Å². The van der Waals surface area contributed by atoms with Gasteiger partial charge in [-0.05, 0) is 6.92 Å². The Morgan fingerprint density at radius 2 is 2.31 bits per heavy atom. The molecule has 0 saturated carbocycles. The molecule has 1 atom stereocenters. The second kappa shape index (κ2) is 5.64. The van der Waals surface area contributed by atoms with Crippen LogP contribution >= 0.6 is 0 Å². The first-order valence-electron chi connectivity index (χ1n) is 4.67. The third-order valence-corrected chi connectivity index (χ3v) is 1.95. The third kappa shape index (κ3) is 3.19. The maximum atomic E-state index is 11.4. The topological polar surface area (TPSA) is 96.3 Å².